The summed E-state index contributed by atoms with van der Waals surface area (Å²) in [6.07, 6.45) is 1.26. The van der Waals surface area contributed by atoms with Crippen molar-refractivity contribution < 1.29 is 13.2 Å². The number of rotatable bonds is 4. The molecule has 1 aromatic heterocycles. The molecule has 0 saturated heterocycles. The van der Waals surface area contributed by atoms with E-state index in [9.17, 15) is 13.2 Å². The van der Waals surface area contributed by atoms with Gasteiger partial charge in [0.2, 0.25) is 0 Å². The minimum absolute atomic E-state index is 0.198. The van der Waals surface area contributed by atoms with Crippen LogP contribution >= 0.6 is 27.3 Å². The molecule has 78 valence electrons. The average Bonchev–Trinajstić information content (AvgIpc) is 2.30. The van der Waals surface area contributed by atoms with Crippen LogP contribution in [0.3, 0.4) is 0 Å². The van der Waals surface area contributed by atoms with Gasteiger partial charge < -0.3 is 0 Å². The third-order valence-electron chi connectivity index (χ3n) is 1.42. The van der Waals surface area contributed by atoms with Gasteiger partial charge in [0.25, 0.3) is 0 Å². The largest absolute Gasteiger partial charge is 0.298 e. The topological polar surface area (TPSA) is 51.2 Å². The molecule has 6 heteroatoms. The number of carbonyl (C=O) groups excluding carboxylic acids is 1. The second-order valence-corrected chi connectivity index (χ2v) is 7.07. The molecule has 0 atom stereocenters. The van der Waals surface area contributed by atoms with E-state index in [0.29, 0.717) is 0 Å². The third-order valence-corrected chi connectivity index (χ3v) is 3.96. The summed E-state index contributed by atoms with van der Waals surface area (Å²) < 4.78 is 22.5. The fraction of sp³-hybridized carbons (Fsp3) is 0.375. The Bertz CT molecular complexity index is 433. The Kier molecular flexibility index (Phi) is 3.86. The van der Waals surface area contributed by atoms with Gasteiger partial charge in [0.1, 0.15) is 5.75 Å². The number of hydrogen-bond donors (Lipinski definition) is 0. The number of hydrogen-bond acceptors (Lipinski definition) is 4. The van der Waals surface area contributed by atoms with Crippen molar-refractivity contribution in [2.75, 3.05) is 12.0 Å². The van der Waals surface area contributed by atoms with Crippen LogP contribution in [0.1, 0.15) is 4.88 Å². The van der Waals surface area contributed by atoms with Crippen LogP contribution in [0.4, 0.5) is 0 Å². The maximum absolute atomic E-state index is 11.2. The summed E-state index contributed by atoms with van der Waals surface area (Å²) in [4.78, 5) is 12.1. The number of Topliss-reactive ketones (excluding diaryl/α,β-unsaturated/α-hetero) is 1. The van der Waals surface area contributed by atoms with E-state index in [0.717, 1.165) is 15.6 Å². The minimum Gasteiger partial charge on any atom is -0.298 e. The fourth-order valence-electron chi connectivity index (χ4n) is 0.984. The molecular formula is C8H9BrO3S2. The Morgan fingerprint density at radius 1 is 1.57 bits per heavy atom. The summed E-state index contributed by atoms with van der Waals surface area (Å²) in [5.41, 5.74) is 0. The standard InChI is InChI=1S/C8H9BrO3S2/c1-14(11,12)5-7(10)3-8-2-6(9)4-13-8/h2,4H,3,5H2,1H3. The SMILES string of the molecule is CS(=O)(=O)CC(=O)Cc1cc(Br)cs1. The zero-order valence-corrected chi connectivity index (χ0v) is 10.7. The van der Waals surface area contributed by atoms with Gasteiger partial charge in [-0.15, -0.1) is 11.3 Å². The molecular weight excluding hydrogens is 288 g/mol. The van der Waals surface area contributed by atoms with Gasteiger partial charge in [0.15, 0.2) is 15.6 Å². The molecule has 1 heterocycles. The van der Waals surface area contributed by atoms with E-state index in [-0.39, 0.29) is 18.0 Å². The van der Waals surface area contributed by atoms with Crippen molar-refractivity contribution in [3.63, 3.8) is 0 Å². The first-order chi connectivity index (χ1) is 6.37. The molecule has 0 unspecified atom stereocenters. The van der Waals surface area contributed by atoms with Gasteiger partial charge in [0, 0.05) is 27.4 Å². The highest BCUT2D eigenvalue weighted by atomic mass is 79.9. The van der Waals surface area contributed by atoms with Crippen molar-refractivity contribution in [3.05, 3.63) is 20.8 Å². The lowest BCUT2D eigenvalue weighted by molar-refractivity contribution is -0.116. The lowest BCUT2D eigenvalue weighted by atomic mass is 10.3. The molecule has 1 aromatic rings. The van der Waals surface area contributed by atoms with Crippen LogP contribution < -0.4 is 0 Å². The summed E-state index contributed by atoms with van der Waals surface area (Å²) in [7, 11) is -3.19. The Morgan fingerprint density at radius 2 is 2.21 bits per heavy atom. The fourth-order valence-corrected chi connectivity index (χ4v) is 3.15. The van der Waals surface area contributed by atoms with Crippen LogP contribution in [0, 0.1) is 0 Å². The number of ketones is 1. The van der Waals surface area contributed by atoms with E-state index in [2.05, 4.69) is 15.9 Å². The van der Waals surface area contributed by atoms with Crippen LogP contribution in [-0.4, -0.2) is 26.2 Å². The van der Waals surface area contributed by atoms with E-state index < -0.39 is 9.84 Å². The van der Waals surface area contributed by atoms with Gasteiger partial charge in [-0.1, -0.05) is 0 Å². The molecule has 0 saturated carbocycles. The normalized spacial score (nSPS) is 11.6. The van der Waals surface area contributed by atoms with E-state index in [1.54, 1.807) is 0 Å². The summed E-state index contributed by atoms with van der Waals surface area (Å²) in [6, 6.07) is 1.82. The molecule has 0 N–H and O–H groups in total. The number of thiophene rings is 1. The van der Waals surface area contributed by atoms with Crippen molar-refractivity contribution in [1.29, 1.82) is 0 Å². The highest BCUT2D eigenvalue weighted by Crippen LogP contribution is 2.20. The monoisotopic (exact) mass is 296 g/mol. The summed E-state index contributed by atoms with van der Waals surface area (Å²) in [5.74, 6) is -0.635. The molecule has 1 rings (SSSR count). The molecule has 0 aliphatic rings. The maximum atomic E-state index is 11.2. The van der Waals surface area contributed by atoms with E-state index in [4.69, 9.17) is 0 Å². The zero-order valence-electron chi connectivity index (χ0n) is 7.49. The first-order valence-corrected chi connectivity index (χ1v) is 7.52. The molecule has 0 aromatic carbocycles. The maximum Gasteiger partial charge on any atom is 0.154 e. The highest BCUT2D eigenvalue weighted by Gasteiger charge is 2.12. The van der Waals surface area contributed by atoms with Crippen molar-refractivity contribution in [2.24, 2.45) is 0 Å². The van der Waals surface area contributed by atoms with Crippen LogP contribution in [0.15, 0.2) is 15.9 Å². The number of carbonyl (C=O) groups is 1. The van der Waals surface area contributed by atoms with E-state index in [1.165, 1.54) is 11.3 Å². The van der Waals surface area contributed by atoms with Crippen molar-refractivity contribution >= 4 is 42.9 Å². The molecule has 0 fully saturated rings. The minimum atomic E-state index is -3.19. The summed E-state index contributed by atoms with van der Waals surface area (Å²) in [6.45, 7) is 0. The quantitative estimate of drug-likeness (QED) is 0.849. The lowest BCUT2D eigenvalue weighted by Gasteiger charge is -1.96. The van der Waals surface area contributed by atoms with Crippen LogP contribution in [0.5, 0.6) is 0 Å². The van der Waals surface area contributed by atoms with Gasteiger partial charge in [-0.05, 0) is 22.0 Å². The second kappa shape index (κ2) is 4.55. The Labute approximate surface area is 95.2 Å². The van der Waals surface area contributed by atoms with Crippen LogP contribution in [-0.2, 0) is 21.1 Å². The summed E-state index contributed by atoms with van der Waals surface area (Å²) in [5, 5.41) is 1.86. The van der Waals surface area contributed by atoms with Crippen LogP contribution in [0.25, 0.3) is 0 Å². The molecule has 0 bridgehead atoms. The van der Waals surface area contributed by atoms with Gasteiger partial charge in [-0.25, -0.2) is 8.42 Å². The van der Waals surface area contributed by atoms with Crippen LogP contribution in [0.2, 0.25) is 0 Å². The third kappa shape index (κ3) is 4.34. The molecule has 0 spiro atoms. The zero-order chi connectivity index (χ0) is 10.8. The molecule has 3 nitrogen and oxygen atoms in total. The van der Waals surface area contributed by atoms with E-state index in [1.807, 2.05) is 11.4 Å². The predicted octanol–water partition coefficient (Wildman–Crippen LogP) is 1.67. The Hall–Kier alpha value is -0.200. The van der Waals surface area contributed by atoms with Gasteiger partial charge in [-0.3, -0.25) is 4.79 Å². The molecule has 0 aliphatic carbocycles. The molecule has 14 heavy (non-hydrogen) atoms. The first-order valence-electron chi connectivity index (χ1n) is 3.79. The second-order valence-electron chi connectivity index (χ2n) is 3.02. The first kappa shape index (κ1) is 11.9. The lowest BCUT2D eigenvalue weighted by Crippen LogP contribution is -2.15. The molecule has 0 aliphatic heterocycles. The average molecular weight is 297 g/mol. The van der Waals surface area contributed by atoms with Crippen molar-refractivity contribution in [1.82, 2.24) is 0 Å². The highest BCUT2D eigenvalue weighted by molar-refractivity contribution is 9.10. The Morgan fingerprint density at radius 3 is 2.64 bits per heavy atom. The van der Waals surface area contributed by atoms with Gasteiger partial charge in [0.05, 0.1) is 0 Å². The smallest absolute Gasteiger partial charge is 0.154 e. The van der Waals surface area contributed by atoms with Crippen molar-refractivity contribution in [2.45, 2.75) is 6.42 Å². The van der Waals surface area contributed by atoms with Gasteiger partial charge in [-0.2, -0.15) is 0 Å². The Balaban J connectivity index is 2.58. The predicted molar refractivity (Wildman–Crippen MR) is 60.4 cm³/mol. The van der Waals surface area contributed by atoms with E-state index >= 15 is 0 Å². The number of halogens is 1. The number of sulfone groups is 1. The summed E-state index contributed by atoms with van der Waals surface area (Å²) >= 11 is 4.71. The van der Waals surface area contributed by atoms with Crippen molar-refractivity contribution in [3.8, 4) is 0 Å². The molecule has 0 radical (unpaired) electrons. The molecule has 0 amide bonds. The van der Waals surface area contributed by atoms with Gasteiger partial charge >= 0.3 is 0 Å².